The van der Waals surface area contributed by atoms with E-state index < -0.39 is 0 Å². The van der Waals surface area contributed by atoms with Gasteiger partial charge in [-0.15, -0.1) is 12.4 Å². The highest BCUT2D eigenvalue weighted by Gasteiger charge is 2.23. The number of carbonyl (C=O) groups excluding carboxylic acids is 1. The molecule has 0 saturated carbocycles. The van der Waals surface area contributed by atoms with Crippen LogP contribution in [0.15, 0.2) is 24.3 Å². The molecule has 1 aromatic carbocycles. The summed E-state index contributed by atoms with van der Waals surface area (Å²) in [6.45, 7) is 3.65. The second-order valence-electron chi connectivity index (χ2n) is 3.94. The molecule has 16 heavy (non-hydrogen) atoms. The first-order chi connectivity index (χ1) is 7.27. The number of halogens is 1. The van der Waals surface area contributed by atoms with Crippen LogP contribution in [0.25, 0.3) is 0 Å². The van der Waals surface area contributed by atoms with Gasteiger partial charge in [-0.3, -0.25) is 4.79 Å². The van der Waals surface area contributed by atoms with Gasteiger partial charge in [-0.25, -0.2) is 0 Å². The summed E-state index contributed by atoms with van der Waals surface area (Å²) in [7, 11) is 0. The number of amides is 1. The third-order valence-corrected chi connectivity index (χ3v) is 2.85. The minimum atomic E-state index is 0. The van der Waals surface area contributed by atoms with Crippen LogP contribution in [0.5, 0.6) is 0 Å². The molecule has 0 aliphatic carbocycles. The molecule has 3 nitrogen and oxygen atoms in total. The lowest BCUT2D eigenvalue weighted by atomic mass is 10.1. The van der Waals surface area contributed by atoms with E-state index in [2.05, 4.69) is 23.6 Å². The third-order valence-electron chi connectivity index (χ3n) is 2.85. The number of hydrogen-bond donors (Lipinski definition) is 2. The van der Waals surface area contributed by atoms with Crippen molar-refractivity contribution >= 4 is 18.3 Å². The second kappa shape index (κ2) is 5.87. The van der Waals surface area contributed by atoms with Crippen LogP contribution in [0, 0.1) is 6.92 Å². The molecule has 0 aromatic heterocycles. The fraction of sp³-hybridized carbons (Fsp3) is 0.417. The van der Waals surface area contributed by atoms with Gasteiger partial charge in [0, 0.05) is 6.54 Å². The maximum absolute atomic E-state index is 11.5. The van der Waals surface area contributed by atoms with Crippen LogP contribution in [0.2, 0.25) is 0 Å². The lowest BCUT2D eigenvalue weighted by Gasteiger charge is -2.26. The van der Waals surface area contributed by atoms with Gasteiger partial charge in [0.1, 0.15) is 0 Å². The van der Waals surface area contributed by atoms with E-state index in [1.807, 2.05) is 18.2 Å². The molecule has 0 bridgehead atoms. The van der Waals surface area contributed by atoms with E-state index in [1.54, 1.807) is 0 Å². The Balaban J connectivity index is 0.00000128. The van der Waals surface area contributed by atoms with Gasteiger partial charge in [0.15, 0.2) is 0 Å². The largest absolute Gasteiger partial charge is 0.351 e. The van der Waals surface area contributed by atoms with Crippen molar-refractivity contribution in [3.63, 3.8) is 0 Å². The van der Waals surface area contributed by atoms with Crippen molar-refractivity contribution in [3.8, 4) is 0 Å². The molecule has 2 rings (SSSR count). The lowest BCUT2D eigenvalue weighted by Crippen LogP contribution is -2.52. The third kappa shape index (κ3) is 2.97. The molecule has 1 fully saturated rings. The average molecular weight is 241 g/mol. The molecule has 0 unspecified atom stereocenters. The minimum Gasteiger partial charge on any atom is -0.351 e. The first-order valence-electron chi connectivity index (χ1n) is 5.33. The van der Waals surface area contributed by atoms with Gasteiger partial charge in [-0.05, 0) is 31.0 Å². The first kappa shape index (κ1) is 13.0. The minimum absolute atomic E-state index is 0. The standard InChI is InChI=1S/C12H16N2O.ClH/c1-9-4-2-3-5-10(9)8-14-12(15)11-6-7-13-11;/h2-5,11,13H,6-8H2,1H3,(H,14,15);1H/t11-;/m1./s1. The fourth-order valence-corrected chi connectivity index (χ4v) is 1.63. The summed E-state index contributed by atoms with van der Waals surface area (Å²) in [5, 5.41) is 6.02. The molecule has 1 aliphatic heterocycles. The summed E-state index contributed by atoms with van der Waals surface area (Å²) in [5.41, 5.74) is 2.41. The average Bonchev–Trinajstić information content (AvgIpc) is 2.14. The van der Waals surface area contributed by atoms with Gasteiger partial charge in [-0.2, -0.15) is 0 Å². The van der Waals surface area contributed by atoms with Crippen LogP contribution in [0.4, 0.5) is 0 Å². The Kier molecular flexibility index (Phi) is 4.77. The maximum atomic E-state index is 11.5. The fourth-order valence-electron chi connectivity index (χ4n) is 1.63. The zero-order valence-electron chi connectivity index (χ0n) is 9.32. The van der Waals surface area contributed by atoms with Crippen molar-refractivity contribution in [2.24, 2.45) is 0 Å². The summed E-state index contributed by atoms with van der Waals surface area (Å²) < 4.78 is 0. The molecule has 0 spiro atoms. The molecule has 4 heteroatoms. The number of hydrogen-bond acceptors (Lipinski definition) is 2. The Bertz CT molecular complexity index is 364. The summed E-state index contributed by atoms with van der Waals surface area (Å²) >= 11 is 0. The van der Waals surface area contributed by atoms with Crippen molar-refractivity contribution < 1.29 is 4.79 Å². The van der Waals surface area contributed by atoms with Crippen molar-refractivity contribution in [1.29, 1.82) is 0 Å². The maximum Gasteiger partial charge on any atom is 0.237 e. The van der Waals surface area contributed by atoms with Crippen molar-refractivity contribution in [3.05, 3.63) is 35.4 Å². The molecule has 0 radical (unpaired) electrons. The van der Waals surface area contributed by atoms with E-state index in [1.165, 1.54) is 11.1 Å². The van der Waals surface area contributed by atoms with E-state index >= 15 is 0 Å². The molecule has 1 aromatic rings. The molecule has 1 heterocycles. The van der Waals surface area contributed by atoms with Crippen LogP contribution in [0.3, 0.4) is 0 Å². The highest BCUT2D eigenvalue weighted by molar-refractivity contribution is 5.85. The zero-order valence-corrected chi connectivity index (χ0v) is 10.1. The second-order valence-corrected chi connectivity index (χ2v) is 3.94. The number of nitrogens with one attached hydrogen (secondary N) is 2. The Labute approximate surface area is 102 Å². The molecule has 2 N–H and O–H groups in total. The van der Waals surface area contributed by atoms with E-state index in [9.17, 15) is 4.79 Å². The summed E-state index contributed by atoms with van der Waals surface area (Å²) in [6.07, 6.45) is 0.958. The van der Waals surface area contributed by atoms with Crippen LogP contribution >= 0.6 is 12.4 Å². The van der Waals surface area contributed by atoms with Crippen molar-refractivity contribution in [1.82, 2.24) is 10.6 Å². The first-order valence-corrected chi connectivity index (χ1v) is 5.33. The summed E-state index contributed by atoms with van der Waals surface area (Å²) in [6, 6.07) is 8.14. The molecule has 1 amide bonds. The predicted octanol–water partition coefficient (Wildman–Crippen LogP) is 1.39. The normalized spacial score (nSPS) is 18.2. The van der Waals surface area contributed by atoms with Gasteiger partial charge in [0.25, 0.3) is 0 Å². The van der Waals surface area contributed by atoms with E-state index in [0.717, 1.165) is 13.0 Å². The van der Waals surface area contributed by atoms with E-state index in [0.29, 0.717) is 6.54 Å². The Morgan fingerprint density at radius 2 is 2.19 bits per heavy atom. The van der Waals surface area contributed by atoms with E-state index in [4.69, 9.17) is 0 Å². The molecular formula is C12H17ClN2O. The lowest BCUT2D eigenvalue weighted by molar-refractivity contribution is -0.124. The van der Waals surface area contributed by atoms with Crippen LogP contribution in [0.1, 0.15) is 17.5 Å². The van der Waals surface area contributed by atoms with Gasteiger partial charge >= 0.3 is 0 Å². The molecule has 1 atom stereocenters. The van der Waals surface area contributed by atoms with Gasteiger partial charge in [0.2, 0.25) is 5.91 Å². The van der Waals surface area contributed by atoms with E-state index in [-0.39, 0.29) is 24.4 Å². The number of aryl methyl sites for hydroxylation is 1. The summed E-state index contributed by atoms with van der Waals surface area (Å²) in [5.74, 6) is 0.115. The highest BCUT2D eigenvalue weighted by Crippen LogP contribution is 2.07. The zero-order chi connectivity index (χ0) is 10.7. The smallest absolute Gasteiger partial charge is 0.237 e. The van der Waals surface area contributed by atoms with Crippen molar-refractivity contribution in [2.45, 2.75) is 25.9 Å². The molecular weight excluding hydrogens is 224 g/mol. The van der Waals surface area contributed by atoms with Gasteiger partial charge in [-0.1, -0.05) is 24.3 Å². The van der Waals surface area contributed by atoms with Crippen LogP contribution < -0.4 is 10.6 Å². The molecule has 88 valence electrons. The predicted molar refractivity (Wildman–Crippen MR) is 66.7 cm³/mol. The SMILES string of the molecule is Cc1ccccc1CNC(=O)[C@H]1CCN1.Cl. The Morgan fingerprint density at radius 1 is 1.50 bits per heavy atom. The molecule has 1 saturated heterocycles. The number of benzene rings is 1. The van der Waals surface area contributed by atoms with Crippen LogP contribution in [-0.4, -0.2) is 18.5 Å². The number of rotatable bonds is 3. The molecule has 1 aliphatic rings. The quantitative estimate of drug-likeness (QED) is 0.839. The van der Waals surface area contributed by atoms with Gasteiger partial charge in [0.05, 0.1) is 6.04 Å². The summed E-state index contributed by atoms with van der Waals surface area (Å²) in [4.78, 5) is 11.5. The van der Waals surface area contributed by atoms with Crippen molar-refractivity contribution in [2.75, 3.05) is 6.54 Å². The topological polar surface area (TPSA) is 41.1 Å². The Morgan fingerprint density at radius 3 is 2.75 bits per heavy atom. The Hall–Kier alpha value is -1.06. The van der Waals surface area contributed by atoms with Gasteiger partial charge < -0.3 is 10.6 Å². The number of carbonyl (C=O) groups is 1. The highest BCUT2D eigenvalue weighted by atomic mass is 35.5. The van der Waals surface area contributed by atoms with Crippen LogP contribution in [-0.2, 0) is 11.3 Å². The monoisotopic (exact) mass is 240 g/mol.